The first-order valence-corrected chi connectivity index (χ1v) is 9.77. The van der Waals surface area contributed by atoms with Crippen LogP contribution in [-0.4, -0.2) is 43.9 Å². The van der Waals surface area contributed by atoms with Gasteiger partial charge in [-0.3, -0.25) is 0 Å². The van der Waals surface area contributed by atoms with E-state index in [0.717, 1.165) is 0 Å². The third-order valence-corrected chi connectivity index (χ3v) is 6.73. The second-order valence-corrected chi connectivity index (χ2v) is 8.44. The van der Waals surface area contributed by atoms with Gasteiger partial charge < -0.3 is 4.90 Å². The maximum Gasteiger partial charge on any atom is 0.243 e. The predicted octanol–water partition coefficient (Wildman–Crippen LogP) is 3.55. The van der Waals surface area contributed by atoms with E-state index >= 15 is 0 Å². The van der Waals surface area contributed by atoms with Gasteiger partial charge in [0.1, 0.15) is 5.82 Å². The Labute approximate surface area is 155 Å². The molecule has 0 aliphatic carbocycles. The Morgan fingerprint density at radius 3 is 2.25 bits per heavy atom. The average molecular weight is 407 g/mol. The molecule has 2 aromatic rings. The lowest BCUT2D eigenvalue weighted by atomic mass is 10.3. The minimum absolute atomic E-state index is 0.140. The molecular weight excluding hydrogens is 393 g/mol. The molecule has 1 aliphatic heterocycles. The average Bonchev–Trinajstić information content (AvgIpc) is 2.58. The van der Waals surface area contributed by atoms with Crippen LogP contribution in [0.15, 0.2) is 41.4 Å². The molecule has 9 heteroatoms. The molecule has 0 spiro atoms. The Hall–Kier alpha value is -1.05. The zero-order chi connectivity index (χ0) is 17.3. The Morgan fingerprint density at radius 2 is 1.62 bits per heavy atom. The van der Waals surface area contributed by atoms with Crippen LogP contribution in [0.4, 0.5) is 5.82 Å². The number of rotatable bonds is 3. The number of anilines is 1. The fourth-order valence-electron chi connectivity index (χ4n) is 2.54. The first-order chi connectivity index (χ1) is 11.4. The van der Waals surface area contributed by atoms with Crippen molar-refractivity contribution in [2.45, 2.75) is 4.90 Å². The minimum atomic E-state index is -3.61. The summed E-state index contributed by atoms with van der Waals surface area (Å²) in [5.41, 5.74) is 0. The number of nitrogens with zero attached hydrogens (tertiary/aromatic N) is 3. The van der Waals surface area contributed by atoms with Crippen molar-refractivity contribution in [2.24, 2.45) is 0 Å². The highest BCUT2D eigenvalue weighted by Gasteiger charge is 2.29. The molecule has 0 atom stereocenters. The van der Waals surface area contributed by atoms with Crippen molar-refractivity contribution >= 4 is 50.6 Å². The Morgan fingerprint density at radius 1 is 0.917 bits per heavy atom. The third-order valence-electron chi connectivity index (χ3n) is 3.81. The van der Waals surface area contributed by atoms with E-state index in [1.54, 1.807) is 18.3 Å². The van der Waals surface area contributed by atoms with E-state index < -0.39 is 10.0 Å². The normalized spacial score (nSPS) is 16.4. The van der Waals surface area contributed by atoms with E-state index in [4.69, 9.17) is 34.8 Å². The number of pyridine rings is 1. The van der Waals surface area contributed by atoms with Crippen LogP contribution in [0.5, 0.6) is 0 Å². The van der Waals surface area contributed by atoms with Crippen LogP contribution in [0, 0.1) is 0 Å². The van der Waals surface area contributed by atoms with Gasteiger partial charge in [0.05, 0.1) is 20.0 Å². The summed E-state index contributed by atoms with van der Waals surface area (Å²) in [5.74, 6) is 0.672. The molecule has 0 radical (unpaired) electrons. The van der Waals surface area contributed by atoms with Crippen LogP contribution < -0.4 is 4.90 Å². The van der Waals surface area contributed by atoms with Crippen molar-refractivity contribution in [1.29, 1.82) is 0 Å². The topological polar surface area (TPSA) is 53.5 Å². The number of hydrogen-bond acceptors (Lipinski definition) is 4. The minimum Gasteiger partial charge on any atom is -0.353 e. The van der Waals surface area contributed by atoms with Gasteiger partial charge in [-0.15, -0.1) is 0 Å². The summed E-state index contributed by atoms with van der Waals surface area (Å²) >= 11 is 17.9. The lowest BCUT2D eigenvalue weighted by Gasteiger charge is -2.35. The molecule has 0 bridgehead atoms. The summed E-state index contributed by atoms with van der Waals surface area (Å²) in [7, 11) is -3.61. The van der Waals surface area contributed by atoms with Gasteiger partial charge in [0.2, 0.25) is 10.0 Å². The van der Waals surface area contributed by atoms with Gasteiger partial charge in [-0.1, -0.05) is 34.8 Å². The van der Waals surface area contributed by atoms with Gasteiger partial charge in [0.15, 0.2) is 0 Å². The highest BCUT2D eigenvalue weighted by molar-refractivity contribution is 7.89. The molecule has 0 unspecified atom stereocenters. The molecule has 0 saturated carbocycles. The molecular formula is C15H14Cl3N3O2S. The van der Waals surface area contributed by atoms with Gasteiger partial charge in [-0.2, -0.15) is 4.31 Å². The highest BCUT2D eigenvalue weighted by Crippen LogP contribution is 2.28. The van der Waals surface area contributed by atoms with Crippen LogP contribution >= 0.6 is 34.8 Å². The van der Waals surface area contributed by atoms with Crippen molar-refractivity contribution in [3.8, 4) is 0 Å². The Kier molecular flexibility index (Phi) is 5.22. The summed E-state index contributed by atoms with van der Waals surface area (Å²) in [4.78, 5) is 6.38. The summed E-state index contributed by atoms with van der Waals surface area (Å²) in [6, 6.07) is 7.85. The number of hydrogen-bond donors (Lipinski definition) is 0. The van der Waals surface area contributed by atoms with E-state index in [-0.39, 0.29) is 9.92 Å². The number of benzene rings is 1. The number of sulfonamides is 1. The number of aromatic nitrogens is 1. The smallest absolute Gasteiger partial charge is 0.243 e. The summed E-state index contributed by atoms with van der Waals surface area (Å²) in [5, 5.41) is 1.10. The predicted molar refractivity (Wildman–Crippen MR) is 96.7 cm³/mol. The van der Waals surface area contributed by atoms with E-state index in [9.17, 15) is 8.42 Å². The van der Waals surface area contributed by atoms with Crippen LogP contribution in [0.25, 0.3) is 0 Å². The van der Waals surface area contributed by atoms with Gasteiger partial charge >= 0.3 is 0 Å². The second kappa shape index (κ2) is 7.06. The van der Waals surface area contributed by atoms with E-state index in [0.29, 0.717) is 42.0 Å². The van der Waals surface area contributed by atoms with Crippen LogP contribution in [0.3, 0.4) is 0 Å². The Bertz CT molecular complexity index is 853. The lowest BCUT2D eigenvalue weighted by molar-refractivity contribution is 0.384. The van der Waals surface area contributed by atoms with Crippen molar-refractivity contribution in [1.82, 2.24) is 9.29 Å². The van der Waals surface area contributed by atoms with Crippen LogP contribution in [0.2, 0.25) is 15.1 Å². The molecule has 24 heavy (non-hydrogen) atoms. The fourth-order valence-corrected chi connectivity index (χ4v) is 4.59. The van der Waals surface area contributed by atoms with Gasteiger partial charge in [0.25, 0.3) is 0 Å². The third kappa shape index (κ3) is 3.48. The lowest BCUT2D eigenvalue weighted by Crippen LogP contribution is -2.49. The molecule has 1 saturated heterocycles. The van der Waals surface area contributed by atoms with Crippen molar-refractivity contribution in [3.63, 3.8) is 0 Å². The maximum atomic E-state index is 12.7. The van der Waals surface area contributed by atoms with E-state index in [2.05, 4.69) is 4.98 Å². The fraction of sp³-hybridized carbons (Fsp3) is 0.267. The summed E-state index contributed by atoms with van der Waals surface area (Å²) in [6.45, 7) is 1.71. The van der Waals surface area contributed by atoms with Crippen LogP contribution in [0.1, 0.15) is 0 Å². The van der Waals surface area contributed by atoms with Gasteiger partial charge in [0, 0.05) is 32.4 Å². The quantitative estimate of drug-likeness (QED) is 0.782. The molecule has 0 amide bonds. The first kappa shape index (κ1) is 17.8. The summed E-state index contributed by atoms with van der Waals surface area (Å²) < 4.78 is 26.9. The standard InChI is InChI=1S/C15H14Cl3N3O2S/c16-12-4-3-11(10-14(12)18)24(22,23)21-8-6-20(7-9-21)15-13(17)2-1-5-19-15/h1-5,10H,6-9H2. The largest absolute Gasteiger partial charge is 0.353 e. The molecule has 0 N–H and O–H groups in total. The zero-order valence-electron chi connectivity index (χ0n) is 12.5. The maximum absolute atomic E-state index is 12.7. The number of piperazine rings is 1. The molecule has 1 aromatic carbocycles. The highest BCUT2D eigenvalue weighted by atomic mass is 35.5. The zero-order valence-corrected chi connectivity index (χ0v) is 15.6. The first-order valence-electron chi connectivity index (χ1n) is 7.20. The molecule has 3 rings (SSSR count). The molecule has 1 aliphatic rings. The number of halogens is 3. The van der Waals surface area contributed by atoms with Gasteiger partial charge in [-0.25, -0.2) is 13.4 Å². The molecule has 5 nitrogen and oxygen atoms in total. The van der Waals surface area contributed by atoms with Crippen molar-refractivity contribution in [3.05, 3.63) is 51.6 Å². The SMILES string of the molecule is O=S(=O)(c1ccc(Cl)c(Cl)c1)N1CCN(c2ncccc2Cl)CC1. The molecule has 1 aromatic heterocycles. The van der Waals surface area contributed by atoms with E-state index in [1.807, 2.05) is 4.90 Å². The monoisotopic (exact) mass is 405 g/mol. The van der Waals surface area contributed by atoms with Gasteiger partial charge in [-0.05, 0) is 30.3 Å². The summed E-state index contributed by atoms with van der Waals surface area (Å²) in [6.07, 6.45) is 1.67. The van der Waals surface area contributed by atoms with Crippen LogP contribution in [-0.2, 0) is 10.0 Å². The second-order valence-electron chi connectivity index (χ2n) is 5.28. The van der Waals surface area contributed by atoms with E-state index in [1.165, 1.54) is 22.5 Å². The molecule has 128 valence electrons. The molecule has 2 heterocycles. The van der Waals surface area contributed by atoms with Crippen molar-refractivity contribution < 1.29 is 8.42 Å². The van der Waals surface area contributed by atoms with Crippen molar-refractivity contribution in [2.75, 3.05) is 31.1 Å². The Balaban J connectivity index is 1.76. The molecule has 1 fully saturated rings.